The molecule has 0 saturated heterocycles. The zero-order valence-electron chi connectivity index (χ0n) is 31.4. The van der Waals surface area contributed by atoms with Gasteiger partial charge in [-0.1, -0.05) is 146 Å². The largest absolute Gasteiger partial charge is 0.492 e. The lowest BCUT2D eigenvalue weighted by atomic mass is 9.88. The zero-order valence-corrected chi connectivity index (χ0v) is 32.2. The van der Waals surface area contributed by atoms with E-state index in [-0.39, 0.29) is 13.2 Å². The van der Waals surface area contributed by atoms with Crippen molar-refractivity contribution in [1.82, 2.24) is 5.32 Å². The molecule has 0 aromatic heterocycles. The van der Waals surface area contributed by atoms with Crippen molar-refractivity contribution in [2.24, 2.45) is 0 Å². The summed E-state index contributed by atoms with van der Waals surface area (Å²) < 4.78 is 11.4. The summed E-state index contributed by atoms with van der Waals surface area (Å²) in [5, 5.41) is 22.5. The van der Waals surface area contributed by atoms with Gasteiger partial charge in [0, 0.05) is 19.8 Å². The van der Waals surface area contributed by atoms with Crippen molar-refractivity contribution in [1.29, 1.82) is 0 Å². The van der Waals surface area contributed by atoms with Crippen molar-refractivity contribution >= 4 is 33.9 Å². The number of hydrogen-bond donors (Lipinski definition) is 3. The molecule has 6 heteroatoms. The van der Waals surface area contributed by atoms with E-state index in [2.05, 4.69) is 78.1 Å². The Balaban J connectivity index is 0.000000211. The number of benzene rings is 6. The minimum absolute atomic E-state index is 0.0947. The van der Waals surface area contributed by atoms with Gasteiger partial charge in [-0.05, 0) is 99.8 Å². The average Bonchev–Trinajstić information content (AvgIpc) is 3.25. The van der Waals surface area contributed by atoms with Crippen LogP contribution < -0.4 is 14.8 Å². The molecule has 0 heterocycles. The molecule has 0 amide bonds. The van der Waals surface area contributed by atoms with E-state index in [1.54, 1.807) is 0 Å². The van der Waals surface area contributed by atoms with Crippen LogP contribution in [0.15, 0.2) is 170 Å². The number of aliphatic hydroxyl groups is 2. The third-order valence-electron chi connectivity index (χ3n) is 8.95. The van der Waals surface area contributed by atoms with Gasteiger partial charge >= 0.3 is 0 Å². The van der Waals surface area contributed by atoms with Gasteiger partial charge in [0.15, 0.2) is 0 Å². The fourth-order valence-electron chi connectivity index (χ4n) is 6.43. The third-order valence-corrected chi connectivity index (χ3v) is 9.10. The van der Waals surface area contributed by atoms with Crippen molar-refractivity contribution < 1.29 is 19.7 Å². The van der Waals surface area contributed by atoms with Crippen LogP contribution in [0, 0.1) is 0 Å². The first kappa shape index (κ1) is 40.7. The Morgan fingerprint density at radius 2 is 0.782 bits per heavy atom. The molecule has 0 radical (unpaired) electrons. The molecular weight excluding hydrogens is 702 g/mol. The van der Waals surface area contributed by atoms with Crippen LogP contribution in [0.25, 0.3) is 22.3 Å². The predicted molar refractivity (Wildman–Crippen MR) is 230 cm³/mol. The first-order valence-corrected chi connectivity index (χ1v) is 19.3. The number of alkyl halides is 1. The molecule has 0 saturated carbocycles. The highest BCUT2D eigenvalue weighted by atomic mass is 35.5. The molecule has 0 aliphatic heterocycles. The van der Waals surface area contributed by atoms with E-state index in [1.807, 2.05) is 104 Å². The Kier molecular flexibility index (Phi) is 16.8. The summed E-state index contributed by atoms with van der Waals surface area (Å²) in [7, 11) is 1.91. The van der Waals surface area contributed by atoms with Crippen molar-refractivity contribution in [2.75, 3.05) is 45.9 Å². The van der Waals surface area contributed by atoms with E-state index in [4.69, 9.17) is 21.1 Å². The van der Waals surface area contributed by atoms with Gasteiger partial charge in [-0.2, -0.15) is 0 Å². The monoisotopic (exact) mass is 751 g/mol. The van der Waals surface area contributed by atoms with E-state index in [0.717, 1.165) is 73.7 Å². The molecule has 0 atom stereocenters. The minimum Gasteiger partial charge on any atom is -0.492 e. The SMILES string of the molecule is CNCCOc1ccc(/C(=C(/CCO)c2ccccc2)c2ccccc2)cc1.OCC/C(=C(\c1ccccc1)c1ccc(OCCCl)cc1)c1ccccc1. The maximum atomic E-state index is 9.75. The Bertz CT molecular complexity index is 2030. The van der Waals surface area contributed by atoms with E-state index in [9.17, 15) is 10.2 Å². The smallest absolute Gasteiger partial charge is 0.119 e. The van der Waals surface area contributed by atoms with Crippen LogP contribution in [0.1, 0.15) is 46.2 Å². The van der Waals surface area contributed by atoms with Crippen molar-refractivity contribution in [3.8, 4) is 11.5 Å². The van der Waals surface area contributed by atoms with Gasteiger partial charge in [0.1, 0.15) is 24.7 Å². The van der Waals surface area contributed by atoms with Gasteiger partial charge in [-0.25, -0.2) is 0 Å². The fraction of sp³-hybridized carbons (Fsp3) is 0.184. The average molecular weight is 752 g/mol. The normalized spacial score (nSPS) is 11.8. The summed E-state index contributed by atoms with van der Waals surface area (Å²) in [5.41, 5.74) is 11.2. The van der Waals surface area contributed by atoms with E-state index in [1.165, 1.54) is 0 Å². The summed E-state index contributed by atoms with van der Waals surface area (Å²) in [6.07, 6.45) is 1.17. The first-order chi connectivity index (χ1) is 27.2. The Morgan fingerprint density at radius 1 is 0.455 bits per heavy atom. The lowest BCUT2D eigenvalue weighted by molar-refractivity contribution is 0.304. The molecule has 0 spiro atoms. The summed E-state index contributed by atoms with van der Waals surface area (Å²) in [5.74, 6) is 2.12. The molecule has 6 aromatic carbocycles. The van der Waals surface area contributed by atoms with Gasteiger partial charge in [-0.3, -0.25) is 0 Å². The summed E-state index contributed by atoms with van der Waals surface area (Å²) in [4.78, 5) is 0. The van der Waals surface area contributed by atoms with Crippen LogP contribution in [-0.2, 0) is 0 Å². The topological polar surface area (TPSA) is 71.0 Å². The lowest BCUT2D eigenvalue weighted by Crippen LogP contribution is -2.15. The van der Waals surface area contributed by atoms with Crippen LogP contribution in [0.3, 0.4) is 0 Å². The predicted octanol–water partition coefficient (Wildman–Crippen LogP) is 10.3. The van der Waals surface area contributed by atoms with Gasteiger partial charge in [0.2, 0.25) is 0 Å². The van der Waals surface area contributed by atoms with Crippen LogP contribution in [-0.4, -0.2) is 56.1 Å². The van der Waals surface area contributed by atoms with Crippen molar-refractivity contribution in [3.05, 3.63) is 203 Å². The molecule has 55 heavy (non-hydrogen) atoms. The number of likely N-dealkylation sites (N-methyl/N-ethyl adjacent to an activating group) is 1. The molecule has 0 bridgehead atoms. The molecule has 5 nitrogen and oxygen atoms in total. The number of halogens is 1. The zero-order chi connectivity index (χ0) is 38.5. The molecular formula is C49H50ClNO4. The highest BCUT2D eigenvalue weighted by molar-refractivity contribution is 6.18. The number of hydrogen-bond acceptors (Lipinski definition) is 5. The number of ether oxygens (including phenoxy) is 2. The number of aliphatic hydroxyl groups excluding tert-OH is 2. The number of nitrogens with one attached hydrogen (secondary N) is 1. The molecule has 282 valence electrons. The highest BCUT2D eigenvalue weighted by Crippen LogP contribution is 2.36. The number of rotatable bonds is 17. The maximum Gasteiger partial charge on any atom is 0.119 e. The first-order valence-electron chi connectivity index (χ1n) is 18.7. The quantitative estimate of drug-likeness (QED) is 0.0492. The van der Waals surface area contributed by atoms with Crippen LogP contribution >= 0.6 is 11.6 Å². The van der Waals surface area contributed by atoms with Gasteiger partial charge in [0.05, 0.1) is 5.88 Å². The van der Waals surface area contributed by atoms with Gasteiger partial charge in [-0.15, -0.1) is 11.6 Å². The summed E-state index contributed by atoms with van der Waals surface area (Å²) in [6.45, 7) is 2.13. The molecule has 6 aromatic rings. The minimum atomic E-state index is 0.0947. The Labute approximate surface area is 331 Å². The second-order valence-corrected chi connectivity index (χ2v) is 13.0. The molecule has 3 N–H and O–H groups in total. The Hall–Kier alpha value is -5.43. The summed E-state index contributed by atoms with van der Waals surface area (Å²) >= 11 is 5.70. The van der Waals surface area contributed by atoms with E-state index >= 15 is 0 Å². The van der Waals surface area contributed by atoms with E-state index in [0.29, 0.717) is 31.9 Å². The molecule has 6 rings (SSSR count). The lowest BCUT2D eigenvalue weighted by Gasteiger charge is -2.17. The van der Waals surface area contributed by atoms with E-state index < -0.39 is 0 Å². The third kappa shape index (κ3) is 12.0. The van der Waals surface area contributed by atoms with Gasteiger partial charge < -0.3 is 25.0 Å². The molecule has 0 aliphatic rings. The van der Waals surface area contributed by atoms with Crippen molar-refractivity contribution in [3.63, 3.8) is 0 Å². The molecule has 0 fully saturated rings. The second-order valence-electron chi connectivity index (χ2n) is 12.7. The van der Waals surface area contributed by atoms with Crippen molar-refractivity contribution in [2.45, 2.75) is 12.8 Å². The second kappa shape index (κ2) is 22.7. The van der Waals surface area contributed by atoms with Crippen LogP contribution in [0.2, 0.25) is 0 Å². The molecule has 0 aliphatic carbocycles. The Morgan fingerprint density at radius 3 is 1.11 bits per heavy atom. The maximum absolute atomic E-state index is 9.75. The molecule has 0 unspecified atom stereocenters. The highest BCUT2D eigenvalue weighted by Gasteiger charge is 2.15. The van der Waals surface area contributed by atoms with Gasteiger partial charge in [0.25, 0.3) is 0 Å². The summed E-state index contributed by atoms with van der Waals surface area (Å²) in [6, 6.07) is 57.4. The fourth-order valence-corrected chi connectivity index (χ4v) is 6.51. The standard InChI is InChI=1S/C25H27NO2.C24H23ClO2/c1-26-17-19-28-23-14-12-22(13-15-23)25(21-10-6-3-7-11-21)24(16-18-27)20-8-4-2-5-9-20;25-16-18-27-22-13-11-21(12-14-22)24(20-9-5-2-6-10-20)23(15-17-26)19-7-3-1-4-8-19/h2-15,26-27H,16-19H2,1H3;1-14,26H,15-18H2/b25-24-;24-23-. The van der Waals surface area contributed by atoms with Crippen LogP contribution in [0.5, 0.6) is 11.5 Å². The van der Waals surface area contributed by atoms with Crippen LogP contribution in [0.4, 0.5) is 0 Å².